The van der Waals surface area contributed by atoms with Crippen molar-refractivity contribution in [1.82, 2.24) is 4.90 Å². The van der Waals surface area contributed by atoms with E-state index in [0.29, 0.717) is 18.0 Å². The van der Waals surface area contributed by atoms with Crippen molar-refractivity contribution in [2.45, 2.75) is 25.9 Å². The van der Waals surface area contributed by atoms with Crippen molar-refractivity contribution >= 4 is 11.7 Å². The minimum Gasteiger partial charge on any atom is -0.478 e. The van der Waals surface area contributed by atoms with Crippen molar-refractivity contribution in [3.8, 4) is 0 Å². The van der Waals surface area contributed by atoms with Gasteiger partial charge >= 0.3 is 5.97 Å². The minimum absolute atomic E-state index is 0.100. The molecular weight excluding hydrogens is 244 g/mol. The predicted molar refractivity (Wildman–Crippen MR) is 72.9 cm³/mol. The van der Waals surface area contributed by atoms with Crippen LogP contribution in [0.15, 0.2) is 18.2 Å². The Labute approximate surface area is 112 Å². The molecule has 0 aliphatic carbocycles. The summed E-state index contributed by atoms with van der Waals surface area (Å²) in [5.74, 6) is -0.569. The highest BCUT2D eigenvalue weighted by Crippen LogP contribution is 2.27. The quantitative estimate of drug-likeness (QED) is 0.711. The van der Waals surface area contributed by atoms with Crippen LogP contribution >= 0.6 is 0 Å². The fourth-order valence-electron chi connectivity index (χ4n) is 2.81. The highest BCUT2D eigenvalue weighted by molar-refractivity contribution is 5.95. The summed E-state index contributed by atoms with van der Waals surface area (Å²) in [5, 5.41) is 18.7. The molecule has 5 heteroatoms. The molecule has 1 fully saturated rings. The van der Waals surface area contributed by atoms with Gasteiger partial charge in [0.1, 0.15) is 0 Å². The maximum Gasteiger partial charge on any atom is 0.338 e. The monoisotopic (exact) mass is 264 g/mol. The van der Waals surface area contributed by atoms with Crippen molar-refractivity contribution in [3.63, 3.8) is 0 Å². The Morgan fingerprint density at radius 3 is 2.89 bits per heavy atom. The van der Waals surface area contributed by atoms with Gasteiger partial charge in [-0.3, -0.25) is 4.90 Å². The van der Waals surface area contributed by atoms with E-state index in [-0.39, 0.29) is 23.9 Å². The van der Waals surface area contributed by atoms with Gasteiger partial charge in [0, 0.05) is 18.3 Å². The van der Waals surface area contributed by atoms with Crippen LogP contribution in [0.2, 0.25) is 0 Å². The molecule has 2 unspecified atom stereocenters. The Morgan fingerprint density at radius 2 is 2.26 bits per heavy atom. The summed E-state index contributed by atoms with van der Waals surface area (Å²) < 4.78 is 0. The highest BCUT2D eigenvalue weighted by atomic mass is 16.4. The van der Waals surface area contributed by atoms with Crippen LogP contribution in [0.4, 0.5) is 5.69 Å². The van der Waals surface area contributed by atoms with Crippen LogP contribution in [0.25, 0.3) is 0 Å². The van der Waals surface area contributed by atoms with Gasteiger partial charge < -0.3 is 15.9 Å². The average molecular weight is 264 g/mol. The number of likely N-dealkylation sites (tertiary alicyclic amines) is 1. The van der Waals surface area contributed by atoms with Crippen molar-refractivity contribution in [2.24, 2.45) is 5.92 Å². The smallest absolute Gasteiger partial charge is 0.338 e. The maximum atomic E-state index is 11.3. The van der Waals surface area contributed by atoms with E-state index in [0.717, 1.165) is 13.0 Å². The molecule has 0 saturated carbocycles. The summed E-state index contributed by atoms with van der Waals surface area (Å²) in [5.41, 5.74) is 6.92. The Bertz CT molecular complexity index is 476. The Kier molecular flexibility index (Phi) is 4.07. The van der Waals surface area contributed by atoms with E-state index in [1.54, 1.807) is 18.2 Å². The molecule has 1 aromatic carbocycles. The Morgan fingerprint density at radius 1 is 1.53 bits per heavy atom. The predicted octanol–water partition coefficient (Wildman–Crippen LogP) is 1.17. The van der Waals surface area contributed by atoms with Gasteiger partial charge in [0.25, 0.3) is 0 Å². The first-order chi connectivity index (χ1) is 9.04. The van der Waals surface area contributed by atoms with Gasteiger partial charge in [0.2, 0.25) is 0 Å². The molecule has 1 aliphatic rings. The summed E-state index contributed by atoms with van der Waals surface area (Å²) in [6.45, 7) is 3.60. The molecular formula is C14H20N2O3. The van der Waals surface area contributed by atoms with E-state index in [1.165, 1.54) is 0 Å². The third-order valence-corrected chi connectivity index (χ3v) is 3.95. The van der Waals surface area contributed by atoms with E-state index < -0.39 is 5.97 Å². The van der Waals surface area contributed by atoms with Crippen LogP contribution in [-0.2, 0) is 6.54 Å². The lowest BCUT2D eigenvalue weighted by molar-refractivity contribution is 0.0694. The number of rotatable bonds is 4. The fourth-order valence-corrected chi connectivity index (χ4v) is 2.81. The first kappa shape index (κ1) is 13.8. The Hall–Kier alpha value is -1.59. The number of aliphatic hydroxyl groups is 1. The van der Waals surface area contributed by atoms with E-state index in [2.05, 4.69) is 11.8 Å². The number of aliphatic hydroxyl groups excluding tert-OH is 1. The SMILES string of the molecule is CC1CCN(Cc2cccc(N)c2C(=O)O)C1CO. The average Bonchev–Trinajstić information content (AvgIpc) is 2.69. The van der Waals surface area contributed by atoms with Crippen LogP contribution in [0.3, 0.4) is 0 Å². The molecule has 1 aliphatic heterocycles. The van der Waals surface area contributed by atoms with Crippen molar-refractivity contribution in [3.05, 3.63) is 29.3 Å². The molecule has 2 rings (SSSR count). The molecule has 0 spiro atoms. The van der Waals surface area contributed by atoms with E-state index in [4.69, 9.17) is 5.73 Å². The molecule has 0 aromatic heterocycles. The largest absolute Gasteiger partial charge is 0.478 e. The third-order valence-electron chi connectivity index (χ3n) is 3.95. The number of nitrogen functional groups attached to an aromatic ring is 1. The van der Waals surface area contributed by atoms with Crippen molar-refractivity contribution in [1.29, 1.82) is 0 Å². The van der Waals surface area contributed by atoms with Crippen LogP contribution in [0, 0.1) is 5.92 Å². The summed E-state index contributed by atoms with van der Waals surface area (Å²) in [4.78, 5) is 13.4. The fraction of sp³-hybridized carbons (Fsp3) is 0.500. The molecule has 19 heavy (non-hydrogen) atoms. The molecule has 1 saturated heterocycles. The molecule has 0 radical (unpaired) electrons. The first-order valence-electron chi connectivity index (χ1n) is 6.50. The topological polar surface area (TPSA) is 86.8 Å². The van der Waals surface area contributed by atoms with Crippen LogP contribution in [-0.4, -0.2) is 40.3 Å². The number of anilines is 1. The molecule has 5 nitrogen and oxygen atoms in total. The number of hydrogen-bond acceptors (Lipinski definition) is 4. The summed E-state index contributed by atoms with van der Waals surface area (Å²) in [6.07, 6.45) is 1.02. The number of hydrogen-bond donors (Lipinski definition) is 3. The first-order valence-corrected chi connectivity index (χ1v) is 6.50. The zero-order chi connectivity index (χ0) is 14.0. The number of aromatic carboxylic acids is 1. The molecule has 1 aromatic rings. The highest BCUT2D eigenvalue weighted by Gasteiger charge is 2.31. The van der Waals surface area contributed by atoms with Gasteiger partial charge in [0.05, 0.1) is 12.2 Å². The number of nitrogens with two attached hydrogens (primary N) is 1. The minimum atomic E-state index is -0.999. The zero-order valence-corrected chi connectivity index (χ0v) is 11.0. The van der Waals surface area contributed by atoms with Gasteiger partial charge in [0.15, 0.2) is 0 Å². The summed E-state index contributed by atoms with van der Waals surface area (Å²) in [7, 11) is 0. The van der Waals surface area contributed by atoms with Gasteiger partial charge in [-0.25, -0.2) is 4.79 Å². The van der Waals surface area contributed by atoms with E-state index in [1.807, 2.05) is 0 Å². The number of nitrogens with zero attached hydrogens (tertiary/aromatic N) is 1. The standard InChI is InChI=1S/C14H20N2O3/c1-9-5-6-16(12(9)8-17)7-10-3-2-4-11(15)13(10)14(18)19/h2-4,9,12,17H,5-8,15H2,1H3,(H,18,19). The number of carboxylic acids is 1. The lowest BCUT2D eigenvalue weighted by Gasteiger charge is -2.25. The van der Waals surface area contributed by atoms with E-state index in [9.17, 15) is 15.0 Å². The van der Waals surface area contributed by atoms with Gasteiger partial charge in [-0.1, -0.05) is 19.1 Å². The normalized spacial score (nSPS) is 23.7. The van der Waals surface area contributed by atoms with Crippen molar-refractivity contribution < 1.29 is 15.0 Å². The lowest BCUT2D eigenvalue weighted by Crippen LogP contribution is -2.35. The zero-order valence-electron chi connectivity index (χ0n) is 11.0. The van der Waals surface area contributed by atoms with E-state index >= 15 is 0 Å². The molecule has 104 valence electrons. The summed E-state index contributed by atoms with van der Waals surface area (Å²) in [6, 6.07) is 5.26. The van der Waals surface area contributed by atoms with Gasteiger partial charge in [-0.15, -0.1) is 0 Å². The molecule has 0 bridgehead atoms. The number of carbonyl (C=O) groups is 1. The summed E-state index contributed by atoms with van der Waals surface area (Å²) >= 11 is 0. The molecule has 2 atom stereocenters. The lowest BCUT2D eigenvalue weighted by atomic mass is 10.0. The number of carboxylic acid groups (broad SMARTS) is 1. The van der Waals surface area contributed by atoms with Gasteiger partial charge in [-0.05, 0) is 30.5 Å². The third kappa shape index (κ3) is 2.72. The second kappa shape index (κ2) is 5.59. The van der Waals surface area contributed by atoms with Crippen LogP contribution in [0.5, 0.6) is 0 Å². The number of benzene rings is 1. The Balaban J connectivity index is 2.24. The maximum absolute atomic E-state index is 11.3. The van der Waals surface area contributed by atoms with Crippen LogP contribution < -0.4 is 5.73 Å². The molecule has 4 N–H and O–H groups in total. The van der Waals surface area contributed by atoms with Gasteiger partial charge in [-0.2, -0.15) is 0 Å². The van der Waals surface area contributed by atoms with Crippen molar-refractivity contribution in [2.75, 3.05) is 18.9 Å². The molecule has 0 amide bonds. The van der Waals surface area contributed by atoms with Crippen LogP contribution in [0.1, 0.15) is 29.3 Å². The second-order valence-electron chi connectivity index (χ2n) is 5.17. The molecule has 1 heterocycles. The second-order valence-corrected chi connectivity index (χ2v) is 5.17.